The van der Waals surface area contributed by atoms with Crippen molar-refractivity contribution in [3.63, 3.8) is 0 Å². The van der Waals surface area contributed by atoms with Crippen molar-refractivity contribution in [2.75, 3.05) is 0 Å². The molecule has 0 amide bonds. The van der Waals surface area contributed by atoms with E-state index in [1.165, 1.54) is 15.5 Å². The molecule has 2 heterocycles. The molecular formula is C13H8BrFOS2. The van der Waals surface area contributed by atoms with Crippen molar-refractivity contribution in [1.82, 2.24) is 0 Å². The van der Waals surface area contributed by atoms with Gasteiger partial charge in [-0.15, -0.1) is 22.7 Å². The maximum absolute atomic E-state index is 13.2. The molecule has 92 valence electrons. The van der Waals surface area contributed by atoms with Crippen LogP contribution in [0.25, 0.3) is 9.40 Å². The molecule has 1 nitrogen and oxygen atoms in total. The van der Waals surface area contributed by atoms with E-state index < -0.39 is 6.10 Å². The fraction of sp³-hybridized carbons (Fsp3) is 0.0769. The molecule has 1 atom stereocenters. The van der Waals surface area contributed by atoms with Gasteiger partial charge in [-0.1, -0.05) is 6.07 Å². The lowest BCUT2D eigenvalue weighted by Gasteiger charge is -2.09. The van der Waals surface area contributed by atoms with Crippen LogP contribution in [0.2, 0.25) is 0 Å². The highest BCUT2D eigenvalue weighted by Gasteiger charge is 2.15. The van der Waals surface area contributed by atoms with Gasteiger partial charge in [0.15, 0.2) is 0 Å². The topological polar surface area (TPSA) is 20.2 Å². The number of aliphatic hydroxyl groups is 1. The van der Waals surface area contributed by atoms with Crippen molar-refractivity contribution < 1.29 is 9.50 Å². The second-order valence-electron chi connectivity index (χ2n) is 3.87. The van der Waals surface area contributed by atoms with Crippen molar-refractivity contribution in [2.45, 2.75) is 6.10 Å². The number of halogens is 2. The smallest absolute Gasteiger partial charge is 0.137 e. The quantitative estimate of drug-likeness (QED) is 0.698. The van der Waals surface area contributed by atoms with E-state index in [2.05, 4.69) is 15.9 Å². The number of fused-ring (bicyclic) bond motifs is 1. The third kappa shape index (κ3) is 2.12. The second-order valence-corrected chi connectivity index (χ2v) is 6.79. The summed E-state index contributed by atoms with van der Waals surface area (Å²) in [6, 6.07) is 8.62. The first-order valence-electron chi connectivity index (χ1n) is 5.25. The maximum atomic E-state index is 13.2. The Bertz CT molecular complexity index is 675. The Hall–Kier alpha value is -0.750. The van der Waals surface area contributed by atoms with E-state index >= 15 is 0 Å². The molecule has 0 aliphatic heterocycles. The standard InChI is InChI=1S/C13H8BrFOS2/c14-8-5-7(1-2-9(8)15)13(16)12-6-11-10(18-12)3-4-17-11/h1-6,13,16H. The number of rotatable bonds is 2. The zero-order chi connectivity index (χ0) is 12.7. The van der Waals surface area contributed by atoms with Crippen LogP contribution in [0, 0.1) is 5.82 Å². The van der Waals surface area contributed by atoms with Crippen molar-refractivity contribution in [1.29, 1.82) is 0 Å². The third-order valence-electron chi connectivity index (χ3n) is 2.69. The van der Waals surface area contributed by atoms with Gasteiger partial charge >= 0.3 is 0 Å². The average molecular weight is 343 g/mol. The van der Waals surface area contributed by atoms with Crippen LogP contribution in [0.15, 0.2) is 40.2 Å². The van der Waals surface area contributed by atoms with E-state index in [1.54, 1.807) is 34.8 Å². The van der Waals surface area contributed by atoms with E-state index in [0.29, 0.717) is 10.0 Å². The Balaban J connectivity index is 2.00. The van der Waals surface area contributed by atoms with E-state index in [4.69, 9.17) is 0 Å². The Labute approximate surface area is 120 Å². The summed E-state index contributed by atoms with van der Waals surface area (Å²) in [4.78, 5) is 0.885. The highest BCUT2D eigenvalue weighted by atomic mass is 79.9. The molecule has 5 heteroatoms. The molecule has 0 aliphatic carbocycles. The first-order chi connectivity index (χ1) is 8.65. The molecule has 0 spiro atoms. The summed E-state index contributed by atoms with van der Waals surface area (Å²) in [6.45, 7) is 0. The van der Waals surface area contributed by atoms with Gasteiger partial charge in [-0.3, -0.25) is 0 Å². The van der Waals surface area contributed by atoms with Gasteiger partial charge in [-0.05, 0) is 51.1 Å². The normalized spacial score (nSPS) is 13.1. The van der Waals surface area contributed by atoms with E-state index in [0.717, 1.165) is 4.88 Å². The van der Waals surface area contributed by atoms with Crippen molar-refractivity contribution in [3.05, 3.63) is 56.4 Å². The van der Waals surface area contributed by atoms with Gasteiger partial charge in [0.25, 0.3) is 0 Å². The lowest BCUT2D eigenvalue weighted by atomic mass is 10.1. The van der Waals surface area contributed by atoms with Crippen LogP contribution in [0.4, 0.5) is 4.39 Å². The summed E-state index contributed by atoms with van der Waals surface area (Å²) in [6.07, 6.45) is -0.702. The molecule has 1 N–H and O–H groups in total. The molecule has 0 radical (unpaired) electrons. The molecule has 1 unspecified atom stereocenters. The monoisotopic (exact) mass is 342 g/mol. The zero-order valence-electron chi connectivity index (χ0n) is 9.06. The van der Waals surface area contributed by atoms with Gasteiger partial charge in [0, 0.05) is 14.3 Å². The van der Waals surface area contributed by atoms with Gasteiger partial charge in [-0.25, -0.2) is 4.39 Å². The number of hydrogen-bond acceptors (Lipinski definition) is 3. The third-order valence-corrected chi connectivity index (χ3v) is 5.44. The zero-order valence-corrected chi connectivity index (χ0v) is 12.3. The minimum atomic E-state index is -0.702. The van der Waals surface area contributed by atoms with Crippen LogP contribution < -0.4 is 0 Å². The molecule has 0 saturated carbocycles. The Kier molecular flexibility index (Phi) is 3.23. The summed E-state index contributed by atoms with van der Waals surface area (Å²) in [5.74, 6) is -0.321. The van der Waals surface area contributed by atoms with Gasteiger partial charge < -0.3 is 5.11 Å². The van der Waals surface area contributed by atoms with Crippen molar-refractivity contribution >= 4 is 48.0 Å². The average Bonchev–Trinajstić information content (AvgIpc) is 2.92. The first-order valence-corrected chi connectivity index (χ1v) is 7.74. The molecular weight excluding hydrogens is 335 g/mol. The molecule has 0 fully saturated rings. The predicted molar refractivity (Wildman–Crippen MR) is 77.9 cm³/mol. The summed E-state index contributed by atoms with van der Waals surface area (Å²) in [5, 5.41) is 12.3. The number of benzene rings is 1. The van der Waals surface area contributed by atoms with Crippen LogP contribution in [0.3, 0.4) is 0 Å². The highest BCUT2D eigenvalue weighted by Crippen LogP contribution is 2.36. The minimum Gasteiger partial charge on any atom is -0.383 e. The van der Waals surface area contributed by atoms with E-state index in [1.807, 2.05) is 17.5 Å². The van der Waals surface area contributed by atoms with Gasteiger partial charge in [-0.2, -0.15) is 0 Å². The first kappa shape index (κ1) is 12.3. The van der Waals surface area contributed by atoms with Gasteiger partial charge in [0.2, 0.25) is 0 Å². The largest absolute Gasteiger partial charge is 0.383 e. The molecule has 3 rings (SSSR count). The van der Waals surface area contributed by atoms with Crippen LogP contribution in [0.5, 0.6) is 0 Å². The van der Waals surface area contributed by atoms with Crippen LogP contribution in [0.1, 0.15) is 16.5 Å². The van der Waals surface area contributed by atoms with E-state index in [-0.39, 0.29) is 5.82 Å². The number of aliphatic hydroxyl groups excluding tert-OH is 1. The van der Waals surface area contributed by atoms with Crippen molar-refractivity contribution in [3.8, 4) is 0 Å². The van der Waals surface area contributed by atoms with E-state index in [9.17, 15) is 9.50 Å². The van der Waals surface area contributed by atoms with Crippen LogP contribution in [-0.4, -0.2) is 5.11 Å². The summed E-state index contributed by atoms with van der Waals surface area (Å²) in [7, 11) is 0. The molecule has 0 saturated heterocycles. The lowest BCUT2D eigenvalue weighted by Crippen LogP contribution is -1.97. The molecule has 1 aromatic carbocycles. The summed E-state index contributed by atoms with van der Waals surface area (Å²) < 4.78 is 15.9. The van der Waals surface area contributed by atoms with Gasteiger partial charge in [0.1, 0.15) is 11.9 Å². The SMILES string of the molecule is OC(c1ccc(F)c(Br)c1)c1cc2sccc2s1. The highest BCUT2D eigenvalue weighted by molar-refractivity contribution is 9.10. The molecule has 3 aromatic rings. The maximum Gasteiger partial charge on any atom is 0.137 e. The Morgan fingerprint density at radius 1 is 1.17 bits per heavy atom. The number of hydrogen-bond donors (Lipinski definition) is 1. The number of thiophene rings is 2. The second kappa shape index (κ2) is 4.74. The predicted octanol–water partition coefficient (Wildman–Crippen LogP) is 4.95. The molecule has 2 aromatic heterocycles. The summed E-state index contributed by atoms with van der Waals surface area (Å²) in [5.41, 5.74) is 0.692. The molecule has 0 aliphatic rings. The van der Waals surface area contributed by atoms with Gasteiger partial charge in [0.05, 0.1) is 4.47 Å². The van der Waals surface area contributed by atoms with Crippen LogP contribution in [-0.2, 0) is 0 Å². The van der Waals surface area contributed by atoms with Crippen molar-refractivity contribution in [2.24, 2.45) is 0 Å². The lowest BCUT2D eigenvalue weighted by molar-refractivity contribution is 0.224. The van der Waals surface area contributed by atoms with Crippen LogP contribution >= 0.6 is 38.6 Å². The Morgan fingerprint density at radius 2 is 2.00 bits per heavy atom. The minimum absolute atomic E-state index is 0.321. The summed E-state index contributed by atoms with van der Waals surface area (Å²) >= 11 is 6.36. The molecule has 0 bridgehead atoms. The Morgan fingerprint density at radius 3 is 2.72 bits per heavy atom. The molecule has 18 heavy (non-hydrogen) atoms. The fourth-order valence-corrected chi connectivity index (χ4v) is 4.30. The fourth-order valence-electron chi connectivity index (χ4n) is 1.77.